The summed E-state index contributed by atoms with van der Waals surface area (Å²) in [5, 5.41) is 0. The SMILES string of the molecule is CCN(CC)/C(=C\C(=O)c1ccccc1)C(F)(F)C(F)(F)C(F)(F)C(F)(F)C(F)(F)F. The van der Waals surface area contributed by atoms with Crippen LogP contribution in [0.15, 0.2) is 42.1 Å². The monoisotopic (exact) mass is 471 g/mol. The number of benzene rings is 1. The van der Waals surface area contributed by atoms with Crippen LogP contribution in [0.4, 0.5) is 48.3 Å². The van der Waals surface area contributed by atoms with Crippen molar-refractivity contribution >= 4 is 5.78 Å². The summed E-state index contributed by atoms with van der Waals surface area (Å²) in [6, 6.07) is 6.02. The van der Waals surface area contributed by atoms with E-state index in [1.165, 1.54) is 18.2 Å². The van der Waals surface area contributed by atoms with Gasteiger partial charge in [-0.1, -0.05) is 30.3 Å². The summed E-state index contributed by atoms with van der Waals surface area (Å²) in [5.41, 5.74) is -2.48. The fourth-order valence-electron chi connectivity index (χ4n) is 2.49. The number of hydrogen-bond acceptors (Lipinski definition) is 2. The summed E-state index contributed by atoms with van der Waals surface area (Å²) in [5.74, 6) is -30.0. The van der Waals surface area contributed by atoms with Gasteiger partial charge < -0.3 is 4.90 Å². The van der Waals surface area contributed by atoms with Crippen molar-refractivity contribution in [2.45, 2.75) is 43.7 Å². The fraction of sp³-hybridized carbons (Fsp3) is 0.500. The Morgan fingerprint density at radius 3 is 1.61 bits per heavy atom. The molecule has 0 aliphatic rings. The van der Waals surface area contributed by atoms with Crippen LogP contribution in [0.2, 0.25) is 0 Å². The maximum Gasteiger partial charge on any atom is 0.460 e. The van der Waals surface area contributed by atoms with Gasteiger partial charge in [-0.2, -0.15) is 48.3 Å². The van der Waals surface area contributed by atoms with E-state index in [0.717, 1.165) is 26.0 Å². The van der Waals surface area contributed by atoms with E-state index in [0.29, 0.717) is 0 Å². The number of halogens is 11. The summed E-state index contributed by atoms with van der Waals surface area (Å²) in [4.78, 5) is 12.4. The number of hydrogen-bond donors (Lipinski definition) is 0. The highest BCUT2D eigenvalue weighted by molar-refractivity contribution is 6.05. The lowest BCUT2D eigenvalue weighted by Crippen LogP contribution is -2.67. The molecule has 0 N–H and O–H groups in total. The molecule has 0 unspecified atom stereocenters. The van der Waals surface area contributed by atoms with Gasteiger partial charge in [0.1, 0.15) is 0 Å². The first kappa shape index (κ1) is 26.7. The summed E-state index contributed by atoms with van der Waals surface area (Å²) >= 11 is 0. The standard InChI is InChI=1S/C18H16F11NO/c1-3-30(4-2)13(10-12(31)11-8-6-5-7-9-11)14(19,20)15(21,22)16(23,24)17(25,26)18(27,28)29/h5-10H,3-4H2,1-2H3/b13-10-. The van der Waals surface area contributed by atoms with Gasteiger partial charge in [0.25, 0.3) is 0 Å². The zero-order valence-corrected chi connectivity index (χ0v) is 15.9. The lowest BCUT2D eigenvalue weighted by atomic mass is 9.94. The third-order valence-corrected chi connectivity index (χ3v) is 4.29. The van der Waals surface area contributed by atoms with Gasteiger partial charge in [-0.15, -0.1) is 0 Å². The average Bonchev–Trinajstić information content (AvgIpc) is 2.67. The molecule has 0 heterocycles. The highest BCUT2D eigenvalue weighted by Crippen LogP contribution is 2.59. The van der Waals surface area contributed by atoms with Gasteiger partial charge in [-0.05, 0) is 13.8 Å². The zero-order valence-electron chi connectivity index (χ0n) is 15.9. The van der Waals surface area contributed by atoms with Crippen LogP contribution in [0.1, 0.15) is 24.2 Å². The molecule has 0 saturated heterocycles. The van der Waals surface area contributed by atoms with Gasteiger partial charge in [0.05, 0.1) is 5.70 Å². The van der Waals surface area contributed by atoms with E-state index in [9.17, 15) is 53.1 Å². The van der Waals surface area contributed by atoms with Crippen LogP contribution in [0, 0.1) is 0 Å². The van der Waals surface area contributed by atoms with Crippen molar-refractivity contribution in [2.75, 3.05) is 13.1 Å². The smallest absolute Gasteiger partial charge is 0.370 e. The summed E-state index contributed by atoms with van der Waals surface area (Å²) in [6.07, 6.45) is -7.44. The summed E-state index contributed by atoms with van der Waals surface area (Å²) in [6.45, 7) is 0.997. The van der Waals surface area contributed by atoms with Crippen molar-refractivity contribution in [1.82, 2.24) is 4.90 Å². The summed E-state index contributed by atoms with van der Waals surface area (Å²) in [7, 11) is 0. The molecular weight excluding hydrogens is 455 g/mol. The van der Waals surface area contributed by atoms with Crippen molar-refractivity contribution in [3.63, 3.8) is 0 Å². The number of allylic oxidation sites excluding steroid dienone is 2. The minimum atomic E-state index is -7.55. The molecule has 0 aliphatic carbocycles. The summed E-state index contributed by atoms with van der Waals surface area (Å²) < 4.78 is 148. The van der Waals surface area contributed by atoms with Gasteiger partial charge in [0.2, 0.25) is 0 Å². The van der Waals surface area contributed by atoms with E-state index in [-0.39, 0.29) is 16.5 Å². The highest BCUT2D eigenvalue weighted by Gasteiger charge is 2.87. The molecule has 0 radical (unpaired) electrons. The molecule has 2 nitrogen and oxygen atoms in total. The minimum absolute atomic E-state index is 0.182. The Kier molecular flexibility index (Phi) is 7.45. The molecule has 0 aliphatic heterocycles. The quantitative estimate of drug-likeness (QED) is 0.243. The third kappa shape index (κ3) is 4.49. The van der Waals surface area contributed by atoms with Crippen molar-refractivity contribution in [3.05, 3.63) is 47.7 Å². The fourth-order valence-corrected chi connectivity index (χ4v) is 2.49. The van der Waals surface area contributed by atoms with Gasteiger partial charge in [0.15, 0.2) is 5.78 Å². The molecule has 0 fully saturated rings. The molecule has 13 heteroatoms. The van der Waals surface area contributed by atoms with Crippen LogP contribution in [0.5, 0.6) is 0 Å². The van der Waals surface area contributed by atoms with E-state index >= 15 is 0 Å². The van der Waals surface area contributed by atoms with Crippen LogP contribution in [-0.4, -0.2) is 53.6 Å². The van der Waals surface area contributed by atoms with E-state index in [4.69, 9.17) is 0 Å². The molecule has 0 amide bonds. The van der Waals surface area contributed by atoms with Gasteiger partial charge >= 0.3 is 29.9 Å². The lowest BCUT2D eigenvalue weighted by Gasteiger charge is -2.40. The van der Waals surface area contributed by atoms with E-state index < -0.39 is 54.4 Å². The molecule has 1 aromatic rings. The molecule has 0 spiro atoms. The molecule has 1 aromatic carbocycles. The predicted octanol–water partition coefficient (Wildman–Crippen LogP) is 6.20. The average molecular weight is 471 g/mol. The first-order chi connectivity index (χ1) is 13.9. The van der Waals surface area contributed by atoms with Gasteiger partial charge in [-0.25, -0.2) is 0 Å². The Morgan fingerprint density at radius 2 is 1.23 bits per heavy atom. The number of carbonyl (C=O) groups excluding carboxylic acids is 1. The number of nitrogens with zero attached hydrogens (tertiary/aromatic N) is 1. The van der Waals surface area contributed by atoms with Crippen LogP contribution in [-0.2, 0) is 0 Å². The number of alkyl halides is 11. The number of ketones is 1. The molecule has 176 valence electrons. The van der Waals surface area contributed by atoms with Crippen LogP contribution >= 0.6 is 0 Å². The molecule has 1 rings (SSSR count). The number of rotatable bonds is 9. The van der Waals surface area contributed by atoms with Crippen molar-refractivity contribution < 1.29 is 53.1 Å². The van der Waals surface area contributed by atoms with E-state index in [2.05, 4.69) is 0 Å². The largest absolute Gasteiger partial charge is 0.460 e. The third-order valence-electron chi connectivity index (χ3n) is 4.29. The first-order valence-electron chi connectivity index (χ1n) is 8.54. The maximum atomic E-state index is 14.6. The maximum absolute atomic E-state index is 14.6. The predicted molar refractivity (Wildman–Crippen MR) is 87.6 cm³/mol. The Labute approximate surface area is 169 Å². The second kappa shape index (κ2) is 8.65. The van der Waals surface area contributed by atoms with Crippen LogP contribution < -0.4 is 0 Å². The molecule has 31 heavy (non-hydrogen) atoms. The molecule has 0 saturated carbocycles. The topological polar surface area (TPSA) is 20.3 Å². The molecular formula is C18H16F11NO. The van der Waals surface area contributed by atoms with Crippen molar-refractivity contribution in [3.8, 4) is 0 Å². The van der Waals surface area contributed by atoms with E-state index in [1.807, 2.05) is 0 Å². The Balaban J connectivity index is 3.69. The van der Waals surface area contributed by atoms with Crippen LogP contribution in [0.25, 0.3) is 0 Å². The first-order valence-corrected chi connectivity index (χ1v) is 8.54. The minimum Gasteiger partial charge on any atom is -0.370 e. The Bertz CT molecular complexity index is 796. The van der Waals surface area contributed by atoms with E-state index in [1.54, 1.807) is 0 Å². The normalized spacial score (nSPS) is 14.5. The van der Waals surface area contributed by atoms with Crippen molar-refractivity contribution in [2.24, 2.45) is 0 Å². The Hall–Kier alpha value is -2.34. The van der Waals surface area contributed by atoms with Crippen LogP contribution in [0.3, 0.4) is 0 Å². The van der Waals surface area contributed by atoms with Gasteiger partial charge in [0, 0.05) is 24.7 Å². The molecule has 0 aromatic heterocycles. The molecule has 0 bridgehead atoms. The van der Waals surface area contributed by atoms with Gasteiger partial charge in [-0.3, -0.25) is 4.79 Å². The molecule has 0 atom stereocenters. The second-order valence-electron chi connectivity index (χ2n) is 6.23. The second-order valence-corrected chi connectivity index (χ2v) is 6.23. The van der Waals surface area contributed by atoms with Crippen molar-refractivity contribution in [1.29, 1.82) is 0 Å². The highest BCUT2D eigenvalue weighted by atomic mass is 19.4. The number of carbonyl (C=O) groups is 1. The Morgan fingerprint density at radius 1 is 0.774 bits per heavy atom. The zero-order chi connectivity index (χ0) is 24.5. The lowest BCUT2D eigenvalue weighted by molar-refractivity contribution is -0.419.